The van der Waals surface area contributed by atoms with Crippen molar-refractivity contribution in [2.75, 3.05) is 65.0 Å². The highest BCUT2D eigenvalue weighted by Gasteiger charge is 2.51. The minimum atomic E-state index is -5.69. The highest BCUT2D eigenvalue weighted by Crippen LogP contribution is 2.61. The third-order valence-electron chi connectivity index (χ3n) is 17.2. The molecule has 2 aromatic carbocycles. The number of anilines is 1. The Morgan fingerprint density at radius 1 is 0.811 bits per heavy atom. The SMILES string of the molecule is CC(C)CCCCCCCCC(=O)N(C)C(CO)C(=O)NC(C)C(=O)NCC(=O)N(C)C1C(=O)NC(C)C(=O)NC(C(=O)SCCNC(=O)CCNC(=O)C(O)C(C)(C)COP(=O)(O)OP(=O)(O)OCC2OC(n3cnc4c(N)ncnc43)C(O)C2OP(=O)(O)O)Cc2ccc(O)c(c2)-c2cc1ccc2O. The number of carbonyl (C=O) groups excluding carboxylic acids is 9. The van der Waals surface area contributed by atoms with E-state index in [2.05, 4.69) is 69.5 Å². The number of phosphoric ester groups is 3. The first-order valence-electron chi connectivity index (χ1n) is 33.7. The number of likely N-dealkylation sites (N-methyl/N-ethyl adjacent to an activating group) is 2. The molecule has 12 atom stereocenters. The topological polar surface area (TPSA) is 581 Å². The fourth-order valence-corrected chi connectivity index (χ4v) is 14.7. The number of phenolic OH excluding ortho intramolecular Hbond substituents is 2. The van der Waals surface area contributed by atoms with E-state index in [-0.39, 0.29) is 89.2 Å². The number of aromatic nitrogens is 4. The summed E-state index contributed by atoms with van der Waals surface area (Å²) in [5, 5.41) is 68.7. The van der Waals surface area contributed by atoms with E-state index in [1.54, 1.807) is 0 Å². The third kappa shape index (κ3) is 25.2. The summed E-state index contributed by atoms with van der Waals surface area (Å²) in [5.74, 6) is -6.67. The number of hydrogen-bond donors (Lipinski definition) is 16. The summed E-state index contributed by atoms with van der Waals surface area (Å²) < 4.78 is 63.0. The Balaban J connectivity index is 0.969. The van der Waals surface area contributed by atoms with Crippen LogP contribution in [0.5, 0.6) is 11.5 Å². The molecular weight excluding hydrogens is 1480 g/mol. The van der Waals surface area contributed by atoms with Gasteiger partial charge in [0.05, 0.1) is 32.7 Å². The van der Waals surface area contributed by atoms with Gasteiger partial charge in [0.25, 0.3) is 0 Å². The fourth-order valence-electron chi connectivity index (χ4n) is 11.1. The van der Waals surface area contributed by atoms with E-state index in [9.17, 15) is 102 Å². The van der Waals surface area contributed by atoms with Crippen LogP contribution >= 0.6 is 35.2 Å². The first-order valence-corrected chi connectivity index (χ1v) is 39.2. The predicted molar refractivity (Wildman–Crippen MR) is 377 cm³/mol. The number of fused-ring (bicyclic) bond motifs is 6. The van der Waals surface area contributed by atoms with Crippen molar-refractivity contribution in [3.05, 3.63) is 60.2 Å². The van der Waals surface area contributed by atoms with Crippen molar-refractivity contribution in [2.24, 2.45) is 11.3 Å². The number of aliphatic hydroxyl groups excluding tert-OH is 3. The number of aromatic hydroxyl groups is 2. The van der Waals surface area contributed by atoms with Crippen LogP contribution in [0.4, 0.5) is 5.82 Å². The molecule has 4 aromatic rings. The summed E-state index contributed by atoms with van der Waals surface area (Å²) in [5.41, 5.74) is 4.54. The molecule has 0 aliphatic carbocycles. The van der Waals surface area contributed by atoms with E-state index in [1.807, 2.05) is 0 Å². The van der Waals surface area contributed by atoms with Crippen molar-refractivity contribution in [1.82, 2.24) is 61.2 Å². The summed E-state index contributed by atoms with van der Waals surface area (Å²) in [6, 6.07) is 1.17. The number of nitrogens with two attached hydrogens (primary N) is 1. The van der Waals surface area contributed by atoms with Gasteiger partial charge in [-0.05, 0) is 61.6 Å². The molecule has 17 N–H and O–H groups in total. The van der Waals surface area contributed by atoms with Gasteiger partial charge < -0.3 is 97.3 Å². The van der Waals surface area contributed by atoms with E-state index in [0.717, 1.165) is 65.5 Å². The summed E-state index contributed by atoms with van der Waals surface area (Å²) in [7, 11) is -14.1. The van der Waals surface area contributed by atoms with Crippen LogP contribution in [0.1, 0.15) is 123 Å². The van der Waals surface area contributed by atoms with Crippen LogP contribution in [0.25, 0.3) is 22.3 Å². The Bertz CT molecular complexity index is 3940. The third-order valence-corrected chi connectivity index (χ3v) is 21.3. The number of hydrogen-bond acceptors (Lipinski definition) is 27. The highest BCUT2D eigenvalue weighted by atomic mass is 32.2. The lowest BCUT2D eigenvalue weighted by atomic mass is 9.87. The molecule has 6 rings (SSSR count). The van der Waals surface area contributed by atoms with Crippen LogP contribution in [0, 0.1) is 11.3 Å². The van der Waals surface area contributed by atoms with Gasteiger partial charge in [-0.15, -0.1) is 0 Å². The number of phenols is 2. The average molecular weight is 1570 g/mol. The van der Waals surface area contributed by atoms with Crippen molar-refractivity contribution >= 4 is 105 Å². The molecule has 588 valence electrons. The predicted octanol–water partition coefficient (Wildman–Crippen LogP) is 0.705. The number of unbranched alkanes of at least 4 members (excludes halogenated alkanes) is 5. The van der Waals surface area contributed by atoms with E-state index in [4.69, 9.17) is 19.5 Å². The number of nitrogens with one attached hydrogen (secondary N) is 6. The number of aliphatic hydroxyl groups is 3. The maximum absolute atomic E-state index is 14.4. The smallest absolute Gasteiger partial charge is 0.481 e. The van der Waals surface area contributed by atoms with Crippen LogP contribution in [0.3, 0.4) is 0 Å². The second-order valence-electron chi connectivity index (χ2n) is 26.5. The summed E-state index contributed by atoms with van der Waals surface area (Å²) >= 11 is 0.698. The molecule has 39 nitrogen and oxygen atoms in total. The number of amides is 8. The molecule has 1 saturated heterocycles. The summed E-state index contributed by atoms with van der Waals surface area (Å²) in [6.45, 7) is 5.17. The molecule has 0 saturated carbocycles. The van der Waals surface area contributed by atoms with Crippen molar-refractivity contribution < 1.29 is 125 Å². The van der Waals surface area contributed by atoms with Crippen molar-refractivity contribution in [3.63, 3.8) is 0 Å². The molecule has 2 aliphatic heterocycles. The molecule has 0 spiro atoms. The highest BCUT2D eigenvalue weighted by molar-refractivity contribution is 8.13. The number of rotatable bonds is 37. The minimum Gasteiger partial charge on any atom is -0.507 e. The molecule has 0 radical (unpaired) electrons. The van der Waals surface area contributed by atoms with Crippen molar-refractivity contribution in [3.8, 4) is 22.6 Å². The van der Waals surface area contributed by atoms with E-state index in [1.165, 1.54) is 78.2 Å². The maximum Gasteiger partial charge on any atom is 0.481 e. The number of nitrogen functional groups attached to an aromatic ring is 1. The van der Waals surface area contributed by atoms with Gasteiger partial charge in [-0.3, -0.25) is 61.3 Å². The Kier molecular flexibility index (Phi) is 32.1. The van der Waals surface area contributed by atoms with Crippen LogP contribution in [0.15, 0.2) is 49.1 Å². The molecule has 106 heavy (non-hydrogen) atoms. The van der Waals surface area contributed by atoms with Crippen LogP contribution in [-0.2, 0) is 85.9 Å². The lowest BCUT2D eigenvalue weighted by molar-refractivity contribution is -0.142. The monoisotopic (exact) mass is 1570 g/mol. The standard InChI is InChI=1S/C63H94N13O26P3S/c1-34(2)15-13-11-9-10-12-14-16-47(81)74(7)42(29-77)58(87)71-35(3)56(85)67-28-48(82)75(8)50-38-18-20-44(79)40(27-38)39-25-37(17-19-43(39)78)26-41(73-57(86)36(4)72-59(50)88)62(90)106-24-23-65-46(80)21-22-66-60(89)53(84)63(5,6)31-99-105(96,97)102-104(94,95)98-30-45-52(101-103(91,92)93)51(83)61(100-45)76-33-70-49-54(64)68-32-69-55(49)76/h17-20,25,27,32-36,41-42,45,50-53,61,77-79,83-84H,9-16,21-24,26,28-31H2,1-8H3,(H,65,80)(H,66,89)(H,67,85)(H,71,87)(H,72,88)(H,73,86)(H,94,95)(H,96,97)(H2,64,68,69)(H2,91,92,93). The van der Waals surface area contributed by atoms with Gasteiger partial charge in [0, 0.05) is 68.7 Å². The molecule has 12 unspecified atom stereocenters. The number of benzene rings is 2. The van der Waals surface area contributed by atoms with Gasteiger partial charge in [0.15, 0.2) is 17.7 Å². The number of phosphoric acid groups is 3. The van der Waals surface area contributed by atoms with Crippen molar-refractivity contribution in [2.45, 2.75) is 167 Å². The first kappa shape index (κ1) is 87.3. The van der Waals surface area contributed by atoms with Gasteiger partial charge in [-0.2, -0.15) is 4.31 Å². The van der Waals surface area contributed by atoms with E-state index in [0.29, 0.717) is 29.7 Å². The van der Waals surface area contributed by atoms with E-state index < -0.39 is 163 Å². The molecular formula is C63H94N13O26P3S. The molecule has 2 aromatic heterocycles. The second-order valence-corrected chi connectivity index (χ2v) is 31.8. The first-order chi connectivity index (χ1) is 49.6. The number of carbonyl (C=O) groups is 9. The van der Waals surface area contributed by atoms with Gasteiger partial charge in [0.2, 0.25) is 52.4 Å². The molecule has 2 aliphatic rings. The van der Waals surface area contributed by atoms with Crippen LogP contribution in [0.2, 0.25) is 0 Å². The zero-order valence-corrected chi connectivity index (χ0v) is 63.0. The summed E-state index contributed by atoms with van der Waals surface area (Å²) in [6.07, 6.45) is -0.785. The number of thioether (sulfide) groups is 1. The Hall–Kier alpha value is -7.62. The van der Waals surface area contributed by atoms with Gasteiger partial charge in [0.1, 0.15) is 78.0 Å². The summed E-state index contributed by atoms with van der Waals surface area (Å²) in [4.78, 5) is 175. The number of imidazole rings is 1. The van der Waals surface area contributed by atoms with Crippen LogP contribution < -0.4 is 37.6 Å². The molecule has 4 heterocycles. The number of ether oxygens (including phenoxy) is 1. The Morgan fingerprint density at radius 2 is 1.46 bits per heavy atom. The minimum absolute atomic E-state index is 0.0111. The molecule has 8 amide bonds. The fraction of sp³-hybridized carbons (Fsp3) is 0.587. The normalized spacial score (nSPS) is 20.5. The Labute approximate surface area is 613 Å². The zero-order chi connectivity index (χ0) is 78.8. The zero-order valence-electron chi connectivity index (χ0n) is 59.5. The molecule has 4 bridgehead atoms. The largest absolute Gasteiger partial charge is 0.507 e. The lowest BCUT2D eigenvalue weighted by Gasteiger charge is -2.30. The number of nitrogens with zero attached hydrogens (tertiary/aromatic N) is 6. The maximum atomic E-state index is 14.4. The molecule has 43 heteroatoms. The van der Waals surface area contributed by atoms with Crippen LogP contribution in [-0.4, -0.2) is 235 Å². The van der Waals surface area contributed by atoms with E-state index >= 15 is 0 Å². The molecule has 1 fully saturated rings. The van der Waals surface area contributed by atoms with Crippen molar-refractivity contribution in [1.29, 1.82) is 0 Å². The van der Waals surface area contributed by atoms with Gasteiger partial charge in [-0.25, -0.2) is 28.6 Å². The van der Waals surface area contributed by atoms with Gasteiger partial charge >= 0.3 is 23.5 Å². The average Bonchev–Trinajstić information content (AvgIpc) is 1.53. The van der Waals surface area contributed by atoms with Gasteiger partial charge in [-0.1, -0.05) is 90.1 Å². The Morgan fingerprint density at radius 3 is 2.13 bits per heavy atom. The lowest BCUT2D eigenvalue weighted by Crippen LogP contribution is -2.55. The second kappa shape index (κ2) is 39.0. The quantitative estimate of drug-likeness (QED) is 0.0218.